The average Bonchev–Trinajstić information content (AvgIpc) is 2.73. The van der Waals surface area contributed by atoms with Gasteiger partial charge in [-0.25, -0.2) is 0 Å². The molecular weight excluding hydrogens is 513 g/mol. The molecule has 0 rings (SSSR count). The van der Waals surface area contributed by atoms with Crippen molar-refractivity contribution >= 4 is 38.3 Å². The normalized spacial score (nSPS) is 14.2. The van der Waals surface area contributed by atoms with E-state index in [2.05, 4.69) is 26.1 Å². The van der Waals surface area contributed by atoms with Gasteiger partial charge in [-0.1, -0.05) is 142 Å². The molecule has 0 aromatic carbocycles. The Morgan fingerprint density at radius 1 is 0.645 bits per heavy atom. The van der Waals surface area contributed by atoms with Gasteiger partial charge < -0.3 is 4.52 Å². The maximum Gasteiger partial charge on any atom is 0.314 e. The largest absolute Gasteiger partial charge is 0.314 e. The molecule has 0 fully saturated rings. The molecule has 7 heteroatoms. The average molecular weight is 564 g/mol. The number of thiol groups is 1. The van der Waals surface area contributed by atoms with Crippen LogP contribution in [0.5, 0.6) is 0 Å². The summed E-state index contributed by atoms with van der Waals surface area (Å²) in [5.74, 6) is -2.08. The van der Waals surface area contributed by atoms with Gasteiger partial charge in [0.05, 0.1) is 6.61 Å². The first-order valence-corrected chi connectivity index (χ1v) is 18.6. The van der Waals surface area contributed by atoms with Crippen LogP contribution in [0.2, 0.25) is 0 Å². The zero-order valence-corrected chi connectivity index (χ0v) is 27.2. The maximum atomic E-state index is 12.6. The minimum absolute atomic E-state index is 0. The van der Waals surface area contributed by atoms with Crippen molar-refractivity contribution in [2.75, 3.05) is 12.4 Å². The molecule has 184 valence electrons. The Kier molecular flexibility index (Phi) is 29.7. The van der Waals surface area contributed by atoms with Crippen LogP contribution in [-0.4, -0.2) is 12.4 Å². The van der Waals surface area contributed by atoms with E-state index < -0.39 is 14.8 Å². The molecule has 0 aliphatic heterocycles. The van der Waals surface area contributed by atoms with E-state index in [1.807, 2.05) is 0 Å². The molecule has 0 bridgehead atoms. The molecule has 0 saturated heterocycles. The van der Waals surface area contributed by atoms with E-state index >= 15 is 0 Å². The first kappa shape index (κ1) is 34.9. The van der Waals surface area contributed by atoms with E-state index in [0.29, 0.717) is 6.61 Å². The molecule has 0 aliphatic rings. The molecule has 0 aromatic heterocycles. The van der Waals surface area contributed by atoms with E-state index in [1.165, 1.54) is 109 Å². The van der Waals surface area contributed by atoms with Crippen LogP contribution in [0.25, 0.3) is 0 Å². The number of hydrogen-bond donors (Lipinski definition) is 1. The van der Waals surface area contributed by atoms with Crippen LogP contribution in [0.15, 0.2) is 0 Å². The van der Waals surface area contributed by atoms with Crippen molar-refractivity contribution in [2.45, 2.75) is 142 Å². The van der Waals surface area contributed by atoms with Crippen molar-refractivity contribution in [3.8, 4) is 0 Å². The minimum Gasteiger partial charge on any atom is -0.314 e. The van der Waals surface area contributed by atoms with Crippen LogP contribution in [0.1, 0.15) is 142 Å². The van der Waals surface area contributed by atoms with Gasteiger partial charge in [0, 0.05) is 25.2 Å². The second-order valence-electron chi connectivity index (χ2n) is 8.69. The van der Waals surface area contributed by atoms with E-state index in [0.717, 1.165) is 25.0 Å². The van der Waals surface area contributed by atoms with Gasteiger partial charge in [-0.15, -0.1) is 0 Å². The molecular formula is C24H51O2PS3Zn. The van der Waals surface area contributed by atoms with Crippen LogP contribution >= 0.6 is 18.0 Å². The quantitative estimate of drug-likeness (QED) is 0.0547. The number of hydrogen-bond acceptors (Lipinski definition) is 3. The third-order valence-corrected chi connectivity index (χ3v) is 15.1. The van der Waals surface area contributed by atoms with Gasteiger partial charge in [0.25, 0.3) is 0 Å². The summed E-state index contributed by atoms with van der Waals surface area (Å²) in [7, 11) is -0.627. The van der Waals surface area contributed by atoms with E-state index in [1.54, 1.807) is 0 Å². The monoisotopic (exact) mass is 562 g/mol. The number of rotatable bonds is 24. The van der Waals surface area contributed by atoms with Crippen molar-refractivity contribution in [3.63, 3.8) is 0 Å². The maximum absolute atomic E-state index is 12.6. The minimum atomic E-state index is -2.90. The first-order chi connectivity index (χ1) is 14.5. The fourth-order valence-electron chi connectivity index (χ4n) is 3.66. The zero-order chi connectivity index (χ0) is 22.3. The summed E-state index contributed by atoms with van der Waals surface area (Å²) < 4.78 is 18.2. The molecule has 0 radical (unpaired) electrons. The molecule has 0 saturated carbocycles. The van der Waals surface area contributed by atoms with Gasteiger partial charge in [0.15, 0.2) is 0 Å². The van der Waals surface area contributed by atoms with E-state index in [4.69, 9.17) is 15.7 Å². The second kappa shape index (κ2) is 26.3. The molecule has 0 aliphatic carbocycles. The Morgan fingerprint density at radius 3 is 1.35 bits per heavy atom. The van der Waals surface area contributed by atoms with E-state index in [-0.39, 0.29) is 19.5 Å². The van der Waals surface area contributed by atoms with Crippen molar-refractivity contribution < 1.29 is 28.6 Å². The van der Waals surface area contributed by atoms with Crippen LogP contribution in [-0.2, 0) is 48.8 Å². The molecule has 0 amide bonds. The zero-order valence-electron chi connectivity index (χ0n) is 20.8. The summed E-state index contributed by atoms with van der Waals surface area (Å²) in [5.41, 5.74) is 0. The summed E-state index contributed by atoms with van der Waals surface area (Å²) in [6.07, 6.45) is 26.0. The Labute approximate surface area is 220 Å². The van der Waals surface area contributed by atoms with Crippen LogP contribution in [0, 0.1) is 0 Å². The summed E-state index contributed by atoms with van der Waals surface area (Å²) in [6, 6.07) is 0. The van der Waals surface area contributed by atoms with Gasteiger partial charge >= 0.3 is 5.77 Å². The van der Waals surface area contributed by atoms with Crippen molar-refractivity contribution in [3.05, 3.63) is 0 Å². The van der Waals surface area contributed by atoms with E-state index in [9.17, 15) is 4.57 Å². The molecule has 2 atom stereocenters. The molecule has 0 spiro atoms. The second-order valence-corrected chi connectivity index (χ2v) is 18.0. The SMILES string of the molecule is CCCCCCCCCCCCOP(=O)(S)S(=S)CCCCCCCCCCCC.[Zn]. The van der Waals surface area contributed by atoms with Crippen LogP contribution in [0.3, 0.4) is 0 Å². The van der Waals surface area contributed by atoms with Crippen molar-refractivity contribution in [2.24, 2.45) is 0 Å². The van der Waals surface area contributed by atoms with Crippen LogP contribution in [0.4, 0.5) is 0 Å². The summed E-state index contributed by atoms with van der Waals surface area (Å²) >= 11 is 9.80. The Hall–Kier alpha value is 1.73. The smallest absolute Gasteiger partial charge is 0.314 e. The van der Waals surface area contributed by atoms with Gasteiger partial charge in [-0.3, -0.25) is 4.57 Å². The van der Waals surface area contributed by atoms with Crippen LogP contribution < -0.4 is 0 Å². The summed E-state index contributed by atoms with van der Waals surface area (Å²) in [6.45, 7) is 5.08. The molecule has 0 N–H and O–H groups in total. The Balaban J connectivity index is 0. The topological polar surface area (TPSA) is 26.3 Å². The molecule has 31 heavy (non-hydrogen) atoms. The Morgan fingerprint density at radius 2 is 0.968 bits per heavy atom. The number of unbranched alkanes of at least 4 members (excludes halogenated alkanes) is 18. The molecule has 2 nitrogen and oxygen atoms in total. The standard InChI is InChI=1S/C24H51O2PS3.Zn/c1-3-5-7-9-11-13-15-17-19-21-23-26-27(25,28)30(29)24-22-20-18-16-14-12-10-8-6-4-2;/h3-24H2,1-2H3,(H,25,28);. The van der Waals surface area contributed by atoms with Gasteiger partial charge in [0.1, 0.15) is 0 Å². The third kappa shape index (κ3) is 24.7. The first-order valence-electron chi connectivity index (χ1n) is 12.9. The molecule has 0 heterocycles. The fourth-order valence-corrected chi connectivity index (χ4v) is 8.19. The van der Waals surface area contributed by atoms with Gasteiger partial charge in [0.2, 0.25) is 0 Å². The summed E-state index contributed by atoms with van der Waals surface area (Å²) in [5, 5.41) is 0. The van der Waals surface area contributed by atoms with Crippen molar-refractivity contribution in [1.29, 1.82) is 0 Å². The molecule has 2 unspecified atom stereocenters. The molecule has 0 aromatic rings. The predicted molar refractivity (Wildman–Crippen MR) is 146 cm³/mol. The predicted octanol–water partition coefficient (Wildman–Crippen LogP) is 9.96. The third-order valence-electron chi connectivity index (χ3n) is 5.68. The fraction of sp³-hybridized carbons (Fsp3) is 1.00. The van der Waals surface area contributed by atoms with Crippen molar-refractivity contribution in [1.82, 2.24) is 0 Å². The summed E-state index contributed by atoms with van der Waals surface area (Å²) in [4.78, 5) is 0. The van der Waals surface area contributed by atoms with Gasteiger partial charge in [-0.05, 0) is 33.1 Å². The van der Waals surface area contributed by atoms with Gasteiger partial charge in [-0.2, -0.15) is 0 Å². The Bertz CT molecular complexity index is 439.